The molecule has 1 fully saturated rings. The van der Waals surface area contributed by atoms with Crippen LogP contribution in [0.3, 0.4) is 0 Å². The number of halogens is 2. The maximum atomic E-state index is 11.7. The fraction of sp³-hybridized carbons (Fsp3) is 0.818. The van der Waals surface area contributed by atoms with E-state index in [0.717, 1.165) is 6.42 Å². The molecule has 0 aliphatic heterocycles. The minimum absolute atomic E-state index is 0.00914. The molecule has 2 amide bonds. The zero-order valence-electron chi connectivity index (χ0n) is 10.4. The van der Waals surface area contributed by atoms with Crippen LogP contribution in [0.1, 0.15) is 19.3 Å². The average molecular weight is 280 g/mol. The number of rotatable bonds is 7. The van der Waals surface area contributed by atoms with Crippen LogP contribution in [0.2, 0.25) is 0 Å². The number of carboxylic acid groups (broad SMARTS) is 1. The molecule has 0 radical (unpaired) electrons. The summed E-state index contributed by atoms with van der Waals surface area (Å²) in [4.78, 5) is 22.3. The Labute approximate surface area is 109 Å². The van der Waals surface area contributed by atoms with Crippen molar-refractivity contribution in [2.75, 3.05) is 19.8 Å². The van der Waals surface area contributed by atoms with Gasteiger partial charge in [0.2, 0.25) is 0 Å². The Balaban J connectivity index is 2.15. The third-order valence-corrected chi connectivity index (χ3v) is 2.93. The van der Waals surface area contributed by atoms with Crippen molar-refractivity contribution in [3.8, 4) is 0 Å². The molecule has 0 spiro atoms. The maximum Gasteiger partial charge on any atom is 0.315 e. The van der Waals surface area contributed by atoms with Crippen molar-refractivity contribution in [3.05, 3.63) is 0 Å². The van der Waals surface area contributed by atoms with Crippen LogP contribution in [0.5, 0.6) is 0 Å². The molecule has 0 aromatic heterocycles. The number of alkyl halides is 2. The molecule has 110 valence electrons. The van der Waals surface area contributed by atoms with Crippen LogP contribution in [0, 0.1) is 5.92 Å². The van der Waals surface area contributed by atoms with E-state index in [1.165, 1.54) is 0 Å². The van der Waals surface area contributed by atoms with E-state index >= 15 is 0 Å². The highest BCUT2D eigenvalue weighted by molar-refractivity contribution is 5.76. The van der Waals surface area contributed by atoms with Crippen LogP contribution in [0.25, 0.3) is 0 Å². The third kappa shape index (κ3) is 5.82. The standard InChI is InChI=1S/C11H18F2N2O4/c12-9(13)6-19-5-4-14-11(18)15-8-3-1-2-7(8)10(16)17/h7-9H,1-6H2,(H,16,17)(H2,14,15,18). The number of carboxylic acids is 1. The Bertz CT molecular complexity index is 315. The van der Waals surface area contributed by atoms with Gasteiger partial charge in [-0.05, 0) is 12.8 Å². The maximum absolute atomic E-state index is 11.7. The summed E-state index contributed by atoms with van der Waals surface area (Å²) in [5.41, 5.74) is 0. The van der Waals surface area contributed by atoms with Crippen molar-refractivity contribution in [3.63, 3.8) is 0 Å². The second kappa shape index (κ2) is 7.88. The van der Waals surface area contributed by atoms with Crippen molar-refractivity contribution in [2.24, 2.45) is 5.92 Å². The van der Waals surface area contributed by atoms with Gasteiger partial charge in [-0.2, -0.15) is 0 Å². The highest BCUT2D eigenvalue weighted by Crippen LogP contribution is 2.25. The smallest absolute Gasteiger partial charge is 0.315 e. The zero-order chi connectivity index (χ0) is 14.3. The van der Waals surface area contributed by atoms with E-state index in [-0.39, 0.29) is 19.2 Å². The van der Waals surface area contributed by atoms with E-state index in [2.05, 4.69) is 15.4 Å². The van der Waals surface area contributed by atoms with Crippen molar-refractivity contribution >= 4 is 12.0 Å². The number of carbonyl (C=O) groups is 2. The van der Waals surface area contributed by atoms with E-state index in [0.29, 0.717) is 12.8 Å². The SMILES string of the molecule is O=C(NCCOCC(F)F)NC1CCCC1C(=O)O. The van der Waals surface area contributed by atoms with Gasteiger partial charge >= 0.3 is 12.0 Å². The van der Waals surface area contributed by atoms with Gasteiger partial charge in [-0.3, -0.25) is 4.79 Å². The second-order valence-electron chi connectivity index (χ2n) is 4.35. The van der Waals surface area contributed by atoms with Gasteiger partial charge in [0.1, 0.15) is 6.61 Å². The van der Waals surface area contributed by atoms with Gasteiger partial charge in [0.25, 0.3) is 6.43 Å². The summed E-state index contributed by atoms with van der Waals surface area (Å²) < 4.78 is 28.0. The minimum atomic E-state index is -2.52. The molecule has 3 N–H and O–H groups in total. The van der Waals surface area contributed by atoms with Gasteiger partial charge in [0.15, 0.2) is 0 Å². The van der Waals surface area contributed by atoms with Gasteiger partial charge in [0.05, 0.1) is 12.5 Å². The van der Waals surface area contributed by atoms with Crippen LogP contribution in [-0.2, 0) is 9.53 Å². The lowest BCUT2D eigenvalue weighted by molar-refractivity contribution is -0.142. The Morgan fingerprint density at radius 3 is 2.74 bits per heavy atom. The fourth-order valence-electron chi connectivity index (χ4n) is 2.06. The molecule has 0 aromatic carbocycles. The summed E-state index contributed by atoms with van der Waals surface area (Å²) >= 11 is 0. The summed E-state index contributed by atoms with van der Waals surface area (Å²) in [7, 11) is 0. The van der Waals surface area contributed by atoms with Crippen molar-refractivity contribution < 1.29 is 28.2 Å². The number of nitrogens with one attached hydrogen (secondary N) is 2. The summed E-state index contributed by atoms with van der Waals surface area (Å²) in [6, 6.07) is -0.877. The summed E-state index contributed by atoms with van der Waals surface area (Å²) in [5.74, 6) is -1.47. The molecule has 0 aromatic rings. The van der Waals surface area contributed by atoms with E-state index in [4.69, 9.17) is 5.11 Å². The van der Waals surface area contributed by atoms with Crippen LogP contribution >= 0.6 is 0 Å². The van der Waals surface area contributed by atoms with Gasteiger partial charge in [-0.25, -0.2) is 13.6 Å². The lowest BCUT2D eigenvalue weighted by atomic mass is 10.0. The van der Waals surface area contributed by atoms with Gasteiger partial charge in [0, 0.05) is 12.6 Å². The lowest BCUT2D eigenvalue weighted by Crippen LogP contribution is -2.46. The molecule has 6 nitrogen and oxygen atoms in total. The quantitative estimate of drug-likeness (QED) is 0.602. The molecule has 1 aliphatic rings. The van der Waals surface area contributed by atoms with Gasteiger partial charge < -0.3 is 20.5 Å². The predicted octanol–water partition coefficient (Wildman–Crippen LogP) is 0.821. The third-order valence-electron chi connectivity index (χ3n) is 2.93. The molecule has 0 saturated heterocycles. The van der Waals surface area contributed by atoms with E-state index in [1.54, 1.807) is 0 Å². The monoisotopic (exact) mass is 280 g/mol. The van der Waals surface area contributed by atoms with Crippen LogP contribution < -0.4 is 10.6 Å². The topological polar surface area (TPSA) is 87.7 Å². The number of carbonyl (C=O) groups excluding carboxylic acids is 1. The van der Waals surface area contributed by atoms with E-state index < -0.39 is 31.0 Å². The number of amides is 2. The van der Waals surface area contributed by atoms with Gasteiger partial charge in [-0.1, -0.05) is 6.42 Å². The molecule has 19 heavy (non-hydrogen) atoms. The minimum Gasteiger partial charge on any atom is -0.481 e. The summed E-state index contributed by atoms with van der Waals surface area (Å²) in [5, 5.41) is 13.9. The highest BCUT2D eigenvalue weighted by Gasteiger charge is 2.33. The Morgan fingerprint density at radius 2 is 2.11 bits per heavy atom. The van der Waals surface area contributed by atoms with Crippen LogP contribution in [0.15, 0.2) is 0 Å². The number of ether oxygens (including phenoxy) is 1. The Kier molecular flexibility index (Phi) is 6.48. The molecule has 2 atom stereocenters. The molecule has 1 saturated carbocycles. The summed E-state index contributed by atoms with van der Waals surface area (Å²) in [6.07, 6.45) is -0.577. The summed E-state index contributed by atoms with van der Waals surface area (Å²) in [6.45, 7) is -0.569. The second-order valence-corrected chi connectivity index (χ2v) is 4.35. The van der Waals surface area contributed by atoms with E-state index in [9.17, 15) is 18.4 Å². The van der Waals surface area contributed by atoms with Crippen molar-refractivity contribution in [1.29, 1.82) is 0 Å². The van der Waals surface area contributed by atoms with E-state index in [1.807, 2.05) is 0 Å². The molecule has 2 unspecified atom stereocenters. The first-order valence-corrected chi connectivity index (χ1v) is 6.13. The molecule has 0 bridgehead atoms. The van der Waals surface area contributed by atoms with Gasteiger partial charge in [-0.15, -0.1) is 0 Å². The molecule has 0 heterocycles. The fourth-order valence-corrected chi connectivity index (χ4v) is 2.06. The molecule has 1 aliphatic carbocycles. The first-order chi connectivity index (χ1) is 9.00. The normalized spacial score (nSPS) is 22.5. The zero-order valence-corrected chi connectivity index (χ0v) is 10.4. The van der Waals surface area contributed by atoms with Crippen molar-refractivity contribution in [2.45, 2.75) is 31.7 Å². The Hall–Kier alpha value is -1.44. The number of hydrogen-bond donors (Lipinski definition) is 3. The molecule has 1 rings (SSSR count). The first kappa shape index (κ1) is 15.6. The largest absolute Gasteiger partial charge is 0.481 e. The number of hydrogen-bond acceptors (Lipinski definition) is 3. The lowest BCUT2D eigenvalue weighted by Gasteiger charge is -2.17. The van der Waals surface area contributed by atoms with Crippen LogP contribution in [-0.4, -0.2) is 49.3 Å². The average Bonchev–Trinajstić information content (AvgIpc) is 2.76. The first-order valence-electron chi connectivity index (χ1n) is 6.13. The Morgan fingerprint density at radius 1 is 1.37 bits per heavy atom. The molecular formula is C11H18F2N2O4. The highest BCUT2D eigenvalue weighted by atomic mass is 19.3. The number of urea groups is 1. The van der Waals surface area contributed by atoms with Crippen molar-refractivity contribution in [1.82, 2.24) is 10.6 Å². The predicted molar refractivity (Wildman–Crippen MR) is 62.1 cm³/mol. The molecule has 8 heteroatoms. The molecular weight excluding hydrogens is 262 g/mol. The number of aliphatic carboxylic acids is 1. The van der Waals surface area contributed by atoms with Crippen LogP contribution in [0.4, 0.5) is 13.6 Å².